The van der Waals surface area contributed by atoms with Crippen LogP contribution in [0.5, 0.6) is 0 Å². The highest BCUT2D eigenvalue weighted by Gasteiger charge is 2.38. The first-order valence-corrected chi connectivity index (χ1v) is 11.7. The van der Waals surface area contributed by atoms with E-state index in [0.29, 0.717) is 38.0 Å². The Kier molecular flexibility index (Phi) is 6.78. The Morgan fingerprint density at radius 1 is 1.07 bits per heavy atom. The van der Waals surface area contributed by atoms with Crippen LogP contribution in [-0.2, 0) is 21.5 Å². The minimum atomic E-state index is -3.50. The van der Waals surface area contributed by atoms with Crippen molar-refractivity contribution in [3.63, 3.8) is 0 Å². The molecule has 2 fully saturated rings. The highest BCUT2D eigenvalue weighted by atomic mass is 32.2. The number of aryl methyl sites for hydroxylation is 1. The van der Waals surface area contributed by atoms with Gasteiger partial charge >= 0.3 is 0 Å². The lowest BCUT2D eigenvalue weighted by Gasteiger charge is -2.39. The first kappa shape index (κ1) is 21.3. The molecular formula is C21H33N3O3S. The molecule has 1 N–H and O–H groups in total. The molecule has 2 heterocycles. The molecule has 6 nitrogen and oxygen atoms in total. The predicted octanol–water partition coefficient (Wildman–Crippen LogP) is 2.55. The van der Waals surface area contributed by atoms with Gasteiger partial charge in [-0.25, -0.2) is 0 Å². The number of amides is 1. The standard InChI is InChI=1S/C21H33N3O3S/c1-16-6-8-19(9-7-16)12-22-21(25)20-5-4-10-23(15-20)28(26,27)24-13-17(2)11-18(3)14-24/h6-9,17-18,20H,4-5,10-15H2,1-3H3,(H,22,25)/t17-,18-,20-/m1/s1. The summed E-state index contributed by atoms with van der Waals surface area (Å²) in [6, 6.07) is 8.06. The molecular weight excluding hydrogens is 374 g/mol. The number of piperidine rings is 2. The van der Waals surface area contributed by atoms with Gasteiger partial charge in [0, 0.05) is 32.7 Å². The van der Waals surface area contributed by atoms with Gasteiger partial charge in [-0.3, -0.25) is 4.79 Å². The molecule has 156 valence electrons. The van der Waals surface area contributed by atoms with Crippen LogP contribution >= 0.6 is 0 Å². The predicted molar refractivity (Wildman–Crippen MR) is 111 cm³/mol. The van der Waals surface area contributed by atoms with Crippen LogP contribution in [0.2, 0.25) is 0 Å². The summed E-state index contributed by atoms with van der Waals surface area (Å²) in [5.74, 6) is 0.406. The number of nitrogens with one attached hydrogen (secondary N) is 1. The number of nitrogens with zero attached hydrogens (tertiary/aromatic N) is 2. The van der Waals surface area contributed by atoms with Crippen LogP contribution in [0.1, 0.15) is 44.2 Å². The second-order valence-corrected chi connectivity index (χ2v) is 10.6. The molecule has 1 aromatic carbocycles. The monoisotopic (exact) mass is 407 g/mol. The SMILES string of the molecule is Cc1ccc(CNC(=O)[C@@H]2CCCN(S(=O)(=O)N3C[C@H](C)C[C@@H](C)C3)C2)cc1. The molecule has 0 aromatic heterocycles. The molecule has 0 radical (unpaired) electrons. The van der Waals surface area contributed by atoms with E-state index in [4.69, 9.17) is 0 Å². The highest BCUT2D eigenvalue weighted by Crippen LogP contribution is 2.27. The van der Waals surface area contributed by atoms with E-state index in [9.17, 15) is 13.2 Å². The van der Waals surface area contributed by atoms with Crippen molar-refractivity contribution >= 4 is 16.1 Å². The maximum absolute atomic E-state index is 13.1. The molecule has 28 heavy (non-hydrogen) atoms. The second kappa shape index (κ2) is 8.93. The molecule has 0 unspecified atom stereocenters. The summed E-state index contributed by atoms with van der Waals surface area (Å²) in [6.07, 6.45) is 2.52. The van der Waals surface area contributed by atoms with Crippen molar-refractivity contribution in [1.82, 2.24) is 13.9 Å². The van der Waals surface area contributed by atoms with Gasteiger partial charge in [0.25, 0.3) is 10.2 Å². The number of benzene rings is 1. The second-order valence-electron chi connectivity index (χ2n) is 8.67. The van der Waals surface area contributed by atoms with E-state index in [0.717, 1.165) is 24.8 Å². The fourth-order valence-corrected chi connectivity index (χ4v) is 6.30. The number of rotatable bonds is 5. The number of carbonyl (C=O) groups is 1. The smallest absolute Gasteiger partial charge is 0.282 e. The Hall–Kier alpha value is -1.44. The lowest BCUT2D eigenvalue weighted by atomic mass is 9.94. The molecule has 2 aliphatic heterocycles. The van der Waals surface area contributed by atoms with Crippen molar-refractivity contribution in [2.45, 2.75) is 46.6 Å². The molecule has 2 aliphatic rings. The maximum atomic E-state index is 13.1. The Bertz CT molecular complexity index is 769. The van der Waals surface area contributed by atoms with Crippen LogP contribution in [0.25, 0.3) is 0 Å². The fourth-order valence-electron chi connectivity index (χ4n) is 4.36. The molecule has 1 amide bonds. The van der Waals surface area contributed by atoms with Crippen molar-refractivity contribution in [1.29, 1.82) is 0 Å². The van der Waals surface area contributed by atoms with Gasteiger partial charge in [0.05, 0.1) is 5.92 Å². The minimum absolute atomic E-state index is 0.0548. The zero-order valence-electron chi connectivity index (χ0n) is 17.2. The van der Waals surface area contributed by atoms with Crippen molar-refractivity contribution in [3.05, 3.63) is 35.4 Å². The maximum Gasteiger partial charge on any atom is 0.282 e. The van der Waals surface area contributed by atoms with E-state index >= 15 is 0 Å². The van der Waals surface area contributed by atoms with Gasteiger partial charge in [-0.1, -0.05) is 43.7 Å². The molecule has 3 rings (SSSR count). The van der Waals surface area contributed by atoms with Gasteiger partial charge in [0.15, 0.2) is 0 Å². The first-order chi connectivity index (χ1) is 13.3. The molecule has 0 aliphatic carbocycles. The summed E-state index contributed by atoms with van der Waals surface area (Å²) in [5, 5.41) is 2.98. The van der Waals surface area contributed by atoms with Gasteiger partial charge in [-0.2, -0.15) is 17.0 Å². The highest BCUT2D eigenvalue weighted by molar-refractivity contribution is 7.86. The average Bonchev–Trinajstić information content (AvgIpc) is 2.66. The third-order valence-corrected chi connectivity index (χ3v) is 7.77. The largest absolute Gasteiger partial charge is 0.352 e. The van der Waals surface area contributed by atoms with Gasteiger partial charge in [0.2, 0.25) is 5.91 Å². The summed E-state index contributed by atoms with van der Waals surface area (Å²) in [4.78, 5) is 12.6. The summed E-state index contributed by atoms with van der Waals surface area (Å²) in [5.41, 5.74) is 2.24. The number of hydrogen-bond acceptors (Lipinski definition) is 3. The normalized spacial score (nSPS) is 27.5. The van der Waals surface area contributed by atoms with Gasteiger partial charge in [-0.05, 0) is 43.6 Å². The van der Waals surface area contributed by atoms with Crippen LogP contribution in [0.4, 0.5) is 0 Å². The van der Waals surface area contributed by atoms with Crippen molar-refractivity contribution < 1.29 is 13.2 Å². The topological polar surface area (TPSA) is 69.7 Å². The molecule has 2 saturated heterocycles. The summed E-state index contributed by atoms with van der Waals surface area (Å²) in [6.45, 7) is 8.66. The molecule has 0 saturated carbocycles. The lowest BCUT2D eigenvalue weighted by Crippen LogP contribution is -2.53. The molecule has 0 spiro atoms. The summed E-state index contributed by atoms with van der Waals surface area (Å²) >= 11 is 0. The van der Waals surface area contributed by atoms with Gasteiger partial charge in [0.1, 0.15) is 0 Å². The number of hydrogen-bond donors (Lipinski definition) is 1. The zero-order chi connectivity index (χ0) is 20.3. The van der Waals surface area contributed by atoms with Crippen molar-refractivity contribution in [2.24, 2.45) is 17.8 Å². The van der Waals surface area contributed by atoms with Crippen LogP contribution in [0.15, 0.2) is 24.3 Å². The van der Waals surface area contributed by atoms with E-state index in [1.165, 1.54) is 9.87 Å². The Balaban J connectivity index is 1.59. The third kappa shape index (κ3) is 5.13. The van der Waals surface area contributed by atoms with Crippen LogP contribution in [0, 0.1) is 24.7 Å². The number of carbonyl (C=O) groups excluding carboxylic acids is 1. The van der Waals surface area contributed by atoms with E-state index in [1.807, 2.05) is 31.2 Å². The summed E-state index contributed by atoms with van der Waals surface area (Å²) < 4.78 is 29.4. The molecule has 7 heteroatoms. The lowest BCUT2D eigenvalue weighted by molar-refractivity contribution is -0.126. The van der Waals surface area contributed by atoms with E-state index in [2.05, 4.69) is 19.2 Å². The summed E-state index contributed by atoms with van der Waals surface area (Å²) in [7, 11) is -3.50. The van der Waals surface area contributed by atoms with Crippen LogP contribution in [-0.4, -0.2) is 49.1 Å². The Morgan fingerprint density at radius 2 is 1.71 bits per heavy atom. The fraction of sp³-hybridized carbons (Fsp3) is 0.667. The van der Waals surface area contributed by atoms with E-state index < -0.39 is 10.2 Å². The van der Waals surface area contributed by atoms with Gasteiger partial charge < -0.3 is 5.32 Å². The Morgan fingerprint density at radius 3 is 2.36 bits per heavy atom. The molecule has 0 bridgehead atoms. The minimum Gasteiger partial charge on any atom is -0.352 e. The van der Waals surface area contributed by atoms with Gasteiger partial charge in [-0.15, -0.1) is 0 Å². The quantitative estimate of drug-likeness (QED) is 0.815. The molecule has 3 atom stereocenters. The first-order valence-electron chi connectivity index (χ1n) is 10.3. The van der Waals surface area contributed by atoms with Crippen LogP contribution in [0.3, 0.4) is 0 Å². The van der Waals surface area contributed by atoms with Crippen molar-refractivity contribution in [3.8, 4) is 0 Å². The van der Waals surface area contributed by atoms with E-state index in [-0.39, 0.29) is 18.4 Å². The average molecular weight is 408 g/mol. The van der Waals surface area contributed by atoms with E-state index in [1.54, 1.807) is 4.31 Å². The zero-order valence-corrected chi connectivity index (χ0v) is 18.0. The van der Waals surface area contributed by atoms with Crippen molar-refractivity contribution in [2.75, 3.05) is 26.2 Å². The Labute approximate surface area is 169 Å². The molecule has 1 aromatic rings. The van der Waals surface area contributed by atoms with Crippen LogP contribution < -0.4 is 5.32 Å². The third-order valence-electron chi connectivity index (χ3n) is 5.83.